The minimum Gasteiger partial charge on any atom is -0.391 e. The SMILES string of the molecule is O=C1NCC[C@@H](O)[C@@H](Cc2ccccc2)N1. The van der Waals surface area contributed by atoms with E-state index in [0.717, 1.165) is 5.56 Å². The van der Waals surface area contributed by atoms with Crippen molar-refractivity contribution < 1.29 is 9.90 Å². The third kappa shape index (κ3) is 2.73. The molecule has 1 saturated heterocycles. The van der Waals surface area contributed by atoms with E-state index in [4.69, 9.17) is 0 Å². The Kier molecular flexibility index (Phi) is 3.41. The van der Waals surface area contributed by atoms with E-state index >= 15 is 0 Å². The first-order valence-electron chi connectivity index (χ1n) is 5.52. The van der Waals surface area contributed by atoms with Gasteiger partial charge in [0.15, 0.2) is 0 Å². The number of benzene rings is 1. The lowest BCUT2D eigenvalue weighted by Gasteiger charge is -2.20. The van der Waals surface area contributed by atoms with E-state index in [1.54, 1.807) is 0 Å². The third-order valence-corrected chi connectivity index (χ3v) is 2.81. The van der Waals surface area contributed by atoms with Gasteiger partial charge in [-0.25, -0.2) is 4.79 Å². The smallest absolute Gasteiger partial charge is 0.315 e. The molecule has 16 heavy (non-hydrogen) atoms. The largest absolute Gasteiger partial charge is 0.391 e. The second-order valence-electron chi connectivity index (χ2n) is 4.05. The molecule has 4 heteroatoms. The molecular formula is C12H16N2O2. The number of amides is 2. The van der Waals surface area contributed by atoms with Crippen LogP contribution in [-0.4, -0.2) is 29.8 Å². The molecule has 1 fully saturated rings. The van der Waals surface area contributed by atoms with Crippen LogP contribution in [-0.2, 0) is 6.42 Å². The van der Waals surface area contributed by atoms with Crippen LogP contribution in [0.1, 0.15) is 12.0 Å². The Bertz CT molecular complexity index is 353. The van der Waals surface area contributed by atoms with Crippen molar-refractivity contribution in [2.45, 2.75) is 25.0 Å². The quantitative estimate of drug-likeness (QED) is 0.685. The van der Waals surface area contributed by atoms with Crippen LogP contribution < -0.4 is 10.6 Å². The predicted octanol–water partition coefficient (Wildman–Crippen LogP) is 0.661. The van der Waals surface area contributed by atoms with Crippen molar-refractivity contribution >= 4 is 6.03 Å². The van der Waals surface area contributed by atoms with Crippen molar-refractivity contribution in [3.8, 4) is 0 Å². The van der Waals surface area contributed by atoms with Gasteiger partial charge in [0.05, 0.1) is 12.1 Å². The zero-order valence-corrected chi connectivity index (χ0v) is 9.02. The lowest BCUT2D eigenvalue weighted by atomic mass is 10.00. The minimum absolute atomic E-state index is 0.197. The maximum absolute atomic E-state index is 11.3. The number of urea groups is 1. The van der Waals surface area contributed by atoms with E-state index < -0.39 is 6.10 Å². The molecule has 1 aromatic rings. The Morgan fingerprint density at radius 3 is 2.81 bits per heavy atom. The van der Waals surface area contributed by atoms with Crippen LogP contribution in [0.3, 0.4) is 0 Å². The lowest BCUT2D eigenvalue weighted by molar-refractivity contribution is 0.130. The van der Waals surface area contributed by atoms with Crippen LogP contribution in [0.25, 0.3) is 0 Å². The Hall–Kier alpha value is -1.55. The maximum Gasteiger partial charge on any atom is 0.315 e. The van der Waals surface area contributed by atoms with E-state index in [1.165, 1.54) is 0 Å². The molecule has 4 nitrogen and oxygen atoms in total. The molecular weight excluding hydrogens is 204 g/mol. The fraction of sp³-hybridized carbons (Fsp3) is 0.417. The second-order valence-corrected chi connectivity index (χ2v) is 4.05. The fourth-order valence-electron chi connectivity index (χ4n) is 1.91. The summed E-state index contributed by atoms with van der Waals surface area (Å²) in [5.74, 6) is 0. The number of carbonyl (C=O) groups is 1. The van der Waals surface area contributed by atoms with Crippen LogP contribution in [0, 0.1) is 0 Å². The molecule has 2 rings (SSSR count). The number of aliphatic hydroxyl groups is 1. The maximum atomic E-state index is 11.3. The second kappa shape index (κ2) is 4.99. The number of hydrogen-bond acceptors (Lipinski definition) is 2. The van der Waals surface area contributed by atoms with Gasteiger partial charge in [0.25, 0.3) is 0 Å². The first kappa shape index (κ1) is 11.0. The number of carbonyl (C=O) groups excluding carboxylic acids is 1. The molecule has 0 saturated carbocycles. The normalized spacial score (nSPS) is 25.4. The van der Waals surface area contributed by atoms with Crippen molar-refractivity contribution in [1.82, 2.24) is 10.6 Å². The van der Waals surface area contributed by atoms with Crippen molar-refractivity contribution in [1.29, 1.82) is 0 Å². The van der Waals surface area contributed by atoms with E-state index in [9.17, 15) is 9.90 Å². The van der Waals surface area contributed by atoms with Crippen molar-refractivity contribution in [2.75, 3.05) is 6.54 Å². The van der Waals surface area contributed by atoms with Gasteiger partial charge in [0.2, 0.25) is 0 Å². The van der Waals surface area contributed by atoms with Gasteiger partial charge >= 0.3 is 6.03 Å². The highest BCUT2D eigenvalue weighted by molar-refractivity contribution is 5.74. The molecule has 0 radical (unpaired) electrons. The summed E-state index contributed by atoms with van der Waals surface area (Å²) in [5.41, 5.74) is 1.12. The summed E-state index contributed by atoms with van der Waals surface area (Å²) in [6, 6.07) is 9.46. The number of rotatable bonds is 2. The van der Waals surface area contributed by atoms with E-state index in [2.05, 4.69) is 10.6 Å². The molecule has 0 unspecified atom stereocenters. The van der Waals surface area contributed by atoms with Crippen LogP contribution in [0.4, 0.5) is 4.79 Å². The molecule has 1 aliphatic rings. The summed E-state index contributed by atoms with van der Waals surface area (Å²) in [6.45, 7) is 0.526. The first-order chi connectivity index (χ1) is 7.75. The lowest BCUT2D eigenvalue weighted by Crippen LogP contribution is -2.44. The topological polar surface area (TPSA) is 61.4 Å². The Labute approximate surface area is 94.7 Å². The molecule has 1 aromatic carbocycles. The summed E-state index contributed by atoms with van der Waals surface area (Å²) in [5, 5.41) is 15.3. The third-order valence-electron chi connectivity index (χ3n) is 2.81. The van der Waals surface area contributed by atoms with Crippen LogP contribution >= 0.6 is 0 Å². The Balaban J connectivity index is 2.04. The van der Waals surface area contributed by atoms with E-state index in [0.29, 0.717) is 19.4 Å². The predicted molar refractivity (Wildman–Crippen MR) is 61.1 cm³/mol. The van der Waals surface area contributed by atoms with Crippen molar-refractivity contribution in [3.05, 3.63) is 35.9 Å². The first-order valence-corrected chi connectivity index (χ1v) is 5.52. The monoisotopic (exact) mass is 220 g/mol. The highest BCUT2D eigenvalue weighted by Crippen LogP contribution is 2.09. The number of hydrogen-bond donors (Lipinski definition) is 3. The van der Waals surface area contributed by atoms with Crippen molar-refractivity contribution in [3.63, 3.8) is 0 Å². The van der Waals surface area contributed by atoms with Gasteiger partial charge in [-0.2, -0.15) is 0 Å². The molecule has 1 aliphatic heterocycles. The standard InChI is InChI=1S/C12H16N2O2/c15-11-6-7-13-12(16)14-10(11)8-9-4-2-1-3-5-9/h1-5,10-11,15H,6-8H2,(H2,13,14,16)/t10-,11-/m1/s1. The highest BCUT2D eigenvalue weighted by atomic mass is 16.3. The van der Waals surface area contributed by atoms with Gasteiger partial charge < -0.3 is 15.7 Å². The van der Waals surface area contributed by atoms with Crippen molar-refractivity contribution in [2.24, 2.45) is 0 Å². The van der Waals surface area contributed by atoms with Gasteiger partial charge in [-0.05, 0) is 18.4 Å². The number of aliphatic hydroxyl groups excluding tert-OH is 1. The Morgan fingerprint density at radius 2 is 2.06 bits per heavy atom. The summed E-state index contributed by atoms with van der Waals surface area (Å²) >= 11 is 0. The molecule has 3 N–H and O–H groups in total. The summed E-state index contributed by atoms with van der Waals surface area (Å²) in [6.07, 6.45) is 0.769. The molecule has 0 bridgehead atoms. The molecule has 86 valence electrons. The molecule has 0 spiro atoms. The molecule has 2 amide bonds. The molecule has 1 heterocycles. The fourth-order valence-corrected chi connectivity index (χ4v) is 1.91. The summed E-state index contributed by atoms with van der Waals surface area (Å²) in [7, 11) is 0. The van der Waals surface area contributed by atoms with Crippen LogP contribution in [0.2, 0.25) is 0 Å². The van der Waals surface area contributed by atoms with Gasteiger partial charge in [-0.1, -0.05) is 30.3 Å². The van der Waals surface area contributed by atoms with Gasteiger partial charge in [0, 0.05) is 6.54 Å². The molecule has 0 aliphatic carbocycles. The summed E-state index contributed by atoms with van der Waals surface area (Å²) < 4.78 is 0. The van der Waals surface area contributed by atoms with Gasteiger partial charge in [-0.15, -0.1) is 0 Å². The summed E-state index contributed by atoms with van der Waals surface area (Å²) in [4.78, 5) is 11.3. The Morgan fingerprint density at radius 1 is 1.31 bits per heavy atom. The zero-order valence-electron chi connectivity index (χ0n) is 9.02. The van der Waals surface area contributed by atoms with Crippen LogP contribution in [0.5, 0.6) is 0 Å². The average molecular weight is 220 g/mol. The van der Waals surface area contributed by atoms with Crippen LogP contribution in [0.15, 0.2) is 30.3 Å². The van der Waals surface area contributed by atoms with E-state index in [-0.39, 0.29) is 12.1 Å². The van der Waals surface area contributed by atoms with E-state index in [1.807, 2.05) is 30.3 Å². The van der Waals surface area contributed by atoms with Gasteiger partial charge in [-0.3, -0.25) is 0 Å². The van der Waals surface area contributed by atoms with Gasteiger partial charge in [0.1, 0.15) is 0 Å². The zero-order chi connectivity index (χ0) is 11.4. The average Bonchev–Trinajstić information content (AvgIpc) is 2.43. The highest BCUT2D eigenvalue weighted by Gasteiger charge is 2.24. The minimum atomic E-state index is -0.487. The molecule has 2 atom stereocenters. The number of nitrogens with one attached hydrogen (secondary N) is 2. The molecule has 0 aromatic heterocycles.